The van der Waals surface area contributed by atoms with Crippen LogP contribution in [0.5, 0.6) is 0 Å². The van der Waals surface area contributed by atoms with Gasteiger partial charge in [-0.1, -0.05) is 49.7 Å². The van der Waals surface area contributed by atoms with Crippen molar-refractivity contribution >= 4 is 29.4 Å². The quantitative estimate of drug-likeness (QED) is 0.462. The smallest absolute Gasteiger partial charge is 0.317 e. The molecule has 1 aromatic rings. The summed E-state index contributed by atoms with van der Waals surface area (Å²) in [6, 6.07) is 7.81. The number of nitrogens with zero attached hydrogens (tertiary/aromatic N) is 1. The Morgan fingerprint density at radius 3 is 2.42 bits per heavy atom. The van der Waals surface area contributed by atoms with E-state index in [0.717, 1.165) is 29.1 Å². The van der Waals surface area contributed by atoms with Gasteiger partial charge in [0.05, 0.1) is 11.1 Å². The number of halogens is 1. The molecule has 2 saturated carbocycles. The van der Waals surface area contributed by atoms with Crippen LogP contribution in [0.3, 0.4) is 0 Å². The number of allylic oxidation sites excluding steroid dienone is 1. The van der Waals surface area contributed by atoms with Crippen LogP contribution in [0.2, 0.25) is 5.02 Å². The number of hydrogen-bond acceptors (Lipinski definition) is 3. The minimum absolute atomic E-state index is 0.0816. The van der Waals surface area contributed by atoms with Gasteiger partial charge in [-0.3, -0.25) is 0 Å². The number of fused-ring (bicyclic) bond motifs is 2. The molecule has 0 saturated heterocycles. The van der Waals surface area contributed by atoms with E-state index < -0.39 is 5.41 Å². The molecule has 2 atom stereocenters. The summed E-state index contributed by atoms with van der Waals surface area (Å²) in [4.78, 5) is 17.6. The van der Waals surface area contributed by atoms with Crippen molar-refractivity contribution < 1.29 is 9.63 Å². The fourth-order valence-corrected chi connectivity index (χ4v) is 4.36. The van der Waals surface area contributed by atoms with Crippen LogP contribution in [0.25, 0.3) is 6.08 Å². The summed E-state index contributed by atoms with van der Waals surface area (Å²) in [6.45, 7) is 12.4. The fourth-order valence-electron chi connectivity index (χ4n) is 4.24. The molecule has 0 spiro atoms. The van der Waals surface area contributed by atoms with Gasteiger partial charge in [-0.05, 0) is 74.3 Å². The Balaban J connectivity index is 2.03. The molecular weight excluding hydrogens is 346 g/mol. The van der Waals surface area contributed by atoms with E-state index in [1.165, 1.54) is 5.57 Å². The van der Waals surface area contributed by atoms with Gasteiger partial charge in [-0.15, -0.1) is 0 Å². The van der Waals surface area contributed by atoms with Gasteiger partial charge in [-0.25, -0.2) is 4.79 Å². The van der Waals surface area contributed by atoms with Crippen molar-refractivity contribution in [2.75, 3.05) is 0 Å². The van der Waals surface area contributed by atoms with Gasteiger partial charge in [0.15, 0.2) is 0 Å². The van der Waals surface area contributed by atoms with Crippen LogP contribution in [-0.4, -0.2) is 11.7 Å². The Kier molecular flexibility index (Phi) is 4.59. The summed E-state index contributed by atoms with van der Waals surface area (Å²) in [7, 11) is 0. The highest BCUT2D eigenvalue weighted by Crippen LogP contribution is 2.66. The van der Waals surface area contributed by atoms with Crippen molar-refractivity contribution in [1.82, 2.24) is 0 Å². The third kappa shape index (κ3) is 3.00. The summed E-state index contributed by atoms with van der Waals surface area (Å²) >= 11 is 6.01. The summed E-state index contributed by atoms with van der Waals surface area (Å²) in [5.74, 6) is 0.107. The van der Waals surface area contributed by atoms with Crippen LogP contribution in [0.4, 0.5) is 0 Å². The lowest BCUT2D eigenvalue weighted by Crippen LogP contribution is -2.33. The molecule has 2 unspecified atom stereocenters. The summed E-state index contributed by atoms with van der Waals surface area (Å²) < 4.78 is 0. The van der Waals surface area contributed by atoms with Crippen molar-refractivity contribution in [3.63, 3.8) is 0 Å². The van der Waals surface area contributed by atoms with Crippen molar-refractivity contribution in [1.29, 1.82) is 0 Å². The van der Waals surface area contributed by atoms with E-state index in [1.807, 2.05) is 45.0 Å². The van der Waals surface area contributed by atoms with Gasteiger partial charge in [0.1, 0.15) is 0 Å². The van der Waals surface area contributed by atoms with Gasteiger partial charge < -0.3 is 4.84 Å². The van der Waals surface area contributed by atoms with E-state index in [1.54, 1.807) is 0 Å². The van der Waals surface area contributed by atoms with Crippen molar-refractivity contribution in [2.24, 2.45) is 27.3 Å². The minimum Gasteiger partial charge on any atom is -0.317 e. The Morgan fingerprint density at radius 1 is 1.23 bits per heavy atom. The first kappa shape index (κ1) is 19.2. The second-order valence-electron chi connectivity index (χ2n) is 9.36. The molecule has 2 aliphatic carbocycles. The van der Waals surface area contributed by atoms with Gasteiger partial charge in [0.2, 0.25) is 0 Å². The summed E-state index contributed by atoms with van der Waals surface area (Å²) in [5, 5.41) is 5.13. The Morgan fingerprint density at radius 2 is 1.85 bits per heavy atom. The first-order valence-electron chi connectivity index (χ1n) is 9.24. The van der Waals surface area contributed by atoms with Gasteiger partial charge >= 0.3 is 5.97 Å². The monoisotopic (exact) mass is 373 g/mol. The Hall–Kier alpha value is -1.61. The molecule has 0 aromatic heterocycles. The molecule has 2 aliphatic rings. The van der Waals surface area contributed by atoms with E-state index >= 15 is 0 Å². The van der Waals surface area contributed by atoms with Gasteiger partial charge in [0.25, 0.3) is 0 Å². The number of rotatable bonds is 2. The second kappa shape index (κ2) is 6.23. The molecule has 2 fully saturated rings. The van der Waals surface area contributed by atoms with Crippen LogP contribution in [0, 0.1) is 22.2 Å². The third-order valence-corrected chi connectivity index (χ3v) is 6.67. The zero-order valence-corrected chi connectivity index (χ0v) is 17.3. The third-order valence-electron chi connectivity index (χ3n) is 6.42. The zero-order chi connectivity index (χ0) is 19.3. The minimum atomic E-state index is -0.571. The molecule has 26 heavy (non-hydrogen) atoms. The molecule has 0 amide bonds. The molecule has 0 heterocycles. The van der Waals surface area contributed by atoms with Crippen molar-refractivity contribution in [3.05, 3.63) is 40.4 Å². The SMILES string of the molecule is CC(C)(C)C(=O)O/N=C1/C(=C/c2ccc(Cl)cc2)C2CCC1(C)C2(C)C. The number of carbonyl (C=O) groups excluding carboxylic acids is 1. The molecular formula is C22H28ClNO2. The van der Waals surface area contributed by atoms with Crippen molar-refractivity contribution in [2.45, 2.75) is 54.4 Å². The lowest BCUT2D eigenvalue weighted by atomic mass is 9.70. The van der Waals surface area contributed by atoms with Crippen LogP contribution in [0.15, 0.2) is 35.0 Å². The number of hydrogen-bond donors (Lipinski definition) is 0. The van der Waals surface area contributed by atoms with Gasteiger partial charge in [0, 0.05) is 10.4 Å². The maximum atomic E-state index is 12.2. The molecule has 1 aromatic carbocycles. The highest BCUT2D eigenvalue weighted by Gasteiger charge is 2.63. The normalized spacial score (nSPS) is 30.2. The highest BCUT2D eigenvalue weighted by molar-refractivity contribution is 6.30. The summed E-state index contributed by atoms with van der Waals surface area (Å²) in [6.07, 6.45) is 4.38. The highest BCUT2D eigenvalue weighted by atomic mass is 35.5. The molecule has 0 aliphatic heterocycles. The molecule has 2 bridgehead atoms. The lowest BCUT2D eigenvalue weighted by molar-refractivity contribution is -0.153. The maximum Gasteiger partial charge on any atom is 0.340 e. The molecule has 0 radical (unpaired) electrons. The maximum absolute atomic E-state index is 12.2. The average Bonchev–Trinajstić information content (AvgIpc) is 2.86. The first-order chi connectivity index (χ1) is 12.0. The average molecular weight is 374 g/mol. The Bertz CT molecular complexity index is 783. The largest absolute Gasteiger partial charge is 0.340 e. The first-order valence-corrected chi connectivity index (χ1v) is 9.62. The number of carbonyl (C=O) groups is 1. The van der Waals surface area contributed by atoms with Crippen molar-refractivity contribution in [3.8, 4) is 0 Å². The topological polar surface area (TPSA) is 38.7 Å². The van der Waals surface area contributed by atoms with Gasteiger partial charge in [-0.2, -0.15) is 0 Å². The standard InChI is InChI=1S/C22H28ClNO2/c1-20(2,3)19(25)26-24-18-16(13-14-7-9-15(23)10-8-14)17-11-12-22(18,6)21(17,4)5/h7-10,13,17H,11-12H2,1-6H3/b16-13+,24-18-. The number of oxime groups is 1. The van der Waals surface area contributed by atoms with E-state index in [0.29, 0.717) is 5.92 Å². The second-order valence-corrected chi connectivity index (χ2v) is 9.80. The molecule has 3 nitrogen and oxygen atoms in total. The molecule has 0 N–H and O–H groups in total. The molecule has 140 valence electrons. The molecule has 3 rings (SSSR count). The predicted molar refractivity (Wildman–Crippen MR) is 107 cm³/mol. The summed E-state index contributed by atoms with van der Waals surface area (Å²) in [5.41, 5.74) is 2.62. The predicted octanol–water partition coefficient (Wildman–Crippen LogP) is 6.12. The zero-order valence-electron chi connectivity index (χ0n) is 16.5. The van der Waals surface area contributed by atoms with E-state index in [2.05, 4.69) is 32.0 Å². The van der Waals surface area contributed by atoms with Crippen LogP contribution < -0.4 is 0 Å². The van der Waals surface area contributed by atoms with E-state index in [4.69, 9.17) is 16.4 Å². The van der Waals surface area contributed by atoms with Crippen LogP contribution >= 0.6 is 11.6 Å². The number of benzene rings is 1. The van der Waals surface area contributed by atoms with E-state index in [-0.39, 0.29) is 16.8 Å². The fraction of sp³-hybridized carbons (Fsp3) is 0.545. The molecule has 4 heteroatoms. The lowest BCUT2D eigenvalue weighted by Gasteiger charge is -2.33. The Labute approximate surface area is 161 Å². The van der Waals surface area contributed by atoms with Crippen LogP contribution in [0.1, 0.15) is 59.9 Å². The van der Waals surface area contributed by atoms with Crippen LogP contribution in [-0.2, 0) is 9.63 Å². The van der Waals surface area contributed by atoms with E-state index in [9.17, 15) is 4.79 Å².